The molecule has 45 heavy (non-hydrogen) atoms. The number of unbranched alkanes of at least 4 members (excludes halogenated alkanes) is 10. The normalized spacial score (nSPS) is 14.5. The predicted molar refractivity (Wildman–Crippen MR) is 193 cm³/mol. The summed E-state index contributed by atoms with van der Waals surface area (Å²) in [5, 5.41) is 13.0. The second-order valence-electron chi connectivity index (χ2n) is 11.4. The van der Waals surface area contributed by atoms with Gasteiger partial charge in [0.25, 0.3) is 10.1 Å². The summed E-state index contributed by atoms with van der Waals surface area (Å²) in [6, 6.07) is -1.13. The number of hydrogen-bond donors (Lipinski definition) is 3. The molecular weight excluding hydrogens is 582 g/mol. The summed E-state index contributed by atoms with van der Waals surface area (Å²) >= 11 is 0. The van der Waals surface area contributed by atoms with Crippen LogP contribution in [0.4, 0.5) is 0 Å². The van der Waals surface area contributed by atoms with Gasteiger partial charge in [-0.2, -0.15) is 8.42 Å². The van der Waals surface area contributed by atoms with Gasteiger partial charge in [0, 0.05) is 6.42 Å². The number of carbonyl (C=O) groups excluding carboxylic acids is 1. The van der Waals surface area contributed by atoms with Crippen molar-refractivity contribution >= 4 is 16.0 Å². The van der Waals surface area contributed by atoms with E-state index in [0.29, 0.717) is 12.8 Å². The number of aliphatic hydroxyl groups is 1. The number of hydrogen-bond acceptors (Lipinski definition) is 4. The van der Waals surface area contributed by atoms with Crippen LogP contribution >= 0.6 is 0 Å². The summed E-state index contributed by atoms with van der Waals surface area (Å²) < 4.78 is 32.3. The molecule has 0 fully saturated rings. The van der Waals surface area contributed by atoms with Crippen LogP contribution < -0.4 is 5.32 Å². The Kier molecular flexibility index (Phi) is 29.8. The van der Waals surface area contributed by atoms with E-state index in [2.05, 4.69) is 73.8 Å². The molecule has 1 amide bonds. The number of amides is 1. The minimum absolute atomic E-state index is 0.0513. The van der Waals surface area contributed by atoms with Gasteiger partial charge in [0.2, 0.25) is 5.91 Å². The highest BCUT2D eigenvalue weighted by atomic mass is 32.2. The average molecular weight is 646 g/mol. The highest BCUT2D eigenvalue weighted by Gasteiger charge is 2.24. The van der Waals surface area contributed by atoms with Gasteiger partial charge in [0.1, 0.15) is 0 Å². The Balaban J connectivity index is 4.26. The van der Waals surface area contributed by atoms with E-state index in [1.54, 1.807) is 12.2 Å². The topological polar surface area (TPSA) is 104 Å². The van der Waals surface area contributed by atoms with Crippen molar-refractivity contribution in [3.8, 4) is 0 Å². The summed E-state index contributed by atoms with van der Waals surface area (Å²) in [5.41, 5.74) is 0. The van der Waals surface area contributed by atoms with Crippen LogP contribution in [0.3, 0.4) is 0 Å². The van der Waals surface area contributed by atoms with Gasteiger partial charge in [-0.1, -0.05) is 150 Å². The third kappa shape index (κ3) is 32.7. The third-order valence-electron chi connectivity index (χ3n) is 7.08. The van der Waals surface area contributed by atoms with Crippen molar-refractivity contribution in [2.45, 2.75) is 142 Å². The molecule has 0 bridgehead atoms. The Bertz CT molecular complexity index is 1020. The number of aliphatic hydroxyl groups excluding tert-OH is 1. The van der Waals surface area contributed by atoms with E-state index < -0.39 is 33.9 Å². The molecule has 2 atom stereocenters. The molecular formula is C38H63NO5S. The summed E-state index contributed by atoms with van der Waals surface area (Å²) in [6.45, 7) is 4.37. The van der Waals surface area contributed by atoms with Gasteiger partial charge in [-0.15, -0.1) is 0 Å². The number of nitrogens with one attached hydrogen (secondary N) is 1. The van der Waals surface area contributed by atoms with E-state index in [0.717, 1.165) is 38.5 Å². The molecule has 0 aromatic rings. The third-order valence-corrected chi connectivity index (χ3v) is 7.86. The average Bonchev–Trinajstić information content (AvgIpc) is 3.00. The lowest BCUT2D eigenvalue weighted by Crippen LogP contribution is -2.46. The van der Waals surface area contributed by atoms with Crippen LogP contribution in [0.1, 0.15) is 129 Å². The van der Waals surface area contributed by atoms with Crippen LogP contribution in [0.2, 0.25) is 0 Å². The Labute approximate surface area is 276 Å². The number of carbonyl (C=O) groups is 1. The maximum absolute atomic E-state index is 12.4. The fourth-order valence-corrected chi connectivity index (χ4v) is 5.26. The van der Waals surface area contributed by atoms with E-state index >= 15 is 0 Å². The molecule has 256 valence electrons. The summed E-state index contributed by atoms with van der Waals surface area (Å²) in [5.74, 6) is -1.17. The highest BCUT2D eigenvalue weighted by Crippen LogP contribution is 2.11. The van der Waals surface area contributed by atoms with Gasteiger partial charge in [-0.25, -0.2) is 0 Å². The molecule has 0 saturated carbocycles. The Morgan fingerprint density at radius 3 is 1.62 bits per heavy atom. The van der Waals surface area contributed by atoms with Crippen molar-refractivity contribution in [1.29, 1.82) is 0 Å². The predicted octanol–water partition coefficient (Wildman–Crippen LogP) is 9.67. The van der Waals surface area contributed by atoms with Gasteiger partial charge in [0.05, 0.1) is 17.9 Å². The molecule has 0 saturated heterocycles. The second-order valence-corrected chi connectivity index (χ2v) is 12.9. The van der Waals surface area contributed by atoms with Crippen LogP contribution in [0.15, 0.2) is 85.1 Å². The van der Waals surface area contributed by atoms with E-state index in [1.807, 2.05) is 12.2 Å². The summed E-state index contributed by atoms with van der Waals surface area (Å²) in [6.07, 6.45) is 45.9. The van der Waals surface area contributed by atoms with Crippen molar-refractivity contribution in [2.75, 3.05) is 5.75 Å². The van der Waals surface area contributed by atoms with Crippen molar-refractivity contribution in [1.82, 2.24) is 5.32 Å². The molecule has 0 radical (unpaired) electrons. The van der Waals surface area contributed by atoms with Crippen molar-refractivity contribution in [3.05, 3.63) is 85.1 Å². The SMILES string of the molecule is CC/C=C\C/C=C\C/C=C\C/C=C\C/C=C\CC(=O)NC(CS(=O)(=O)O)C(O)/C=C/CC/C=C/CCCCCCCCCCC. The van der Waals surface area contributed by atoms with Gasteiger partial charge >= 0.3 is 0 Å². The monoisotopic (exact) mass is 645 g/mol. The molecule has 3 N–H and O–H groups in total. The highest BCUT2D eigenvalue weighted by molar-refractivity contribution is 7.85. The Hall–Kier alpha value is -2.48. The smallest absolute Gasteiger partial charge is 0.267 e. The van der Waals surface area contributed by atoms with Crippen molar-refractivity contribution < 1.29 is 22.9 Å². The van der Waals surface area contributed by atoms with Crippen LogP contribution in [-0.4, -0.2) is 41.9 Å². The van der Waals surface area contributed by atoms with E-state index in [-0.39, 0.29) is 6.42 Å². The fourth-order valence-electron chi connectivity index (χ4n) is 4.53. The lowest BCUT2D eigenvalue weighted by molar-refractivity contribution is -0.121. The van der Waals surface area contributed by atoms with Crippen LogP contribution in [0, 0.1) is 0 Å². The molecule has 0 aromatic carbocycles. The summed E-state index contributed by atoms with van der Waals surface area (Å²) in [4.78, 5) is 12.4. The summed E-state index contributed by atoms with van der Waals surface area (Å²) in [7, 11) is -4.38. The Morgan fingerprint density at radius 2 is 1.09 bits per heavy atom. The van der Waals surface area contributed by atoms with Crippen molar-refractivity contribution in [2.24, 2.45) is 0 Å². The number of allylic oxidation sites excluding steroid dienone is 12. The van der Waals surface area contributed by atoms with Crippen LogP contribution in [0.25, 0.3) is 0 Å². The number of rotatable bonds is 29. The first-order valence-electron chi connectivity index (χ1n) is 17.3. The van der Waals surface area contributed by atoms with Crippen molar-refractivity contribution in [3.63, 3.8) is 0 Å². The van der Waals surface area contributed by atoms with Gasteiger partial charge in [0.15, 0.2) is 0 Å². The Morgan fingerprint density at radius 1 is 0.622 bits per heavy atom. The van der Waals surface area contributed by atoms with E-state index in [1.165, 1.54) is 63.9 Å². The molecule has 0 rings (SSSR count). The second kappa shape index (κ2) is 31.5. The van der Waals surface area contributed by atoms with E-state index in [4.69, 9.17) is 0 Å². The van der Waals surface area contributed by atoms with Gasteiger partial charge in [-0.3, -0.25) is 9.35 Å². The molecule has 0 aromatic heterocycles. The first-order valence-corrected chi connectivity index (χ1v) is 18.9. The maximum atomic E-state index is 12.4. The molecule has 0 spiro atoms. The zero-order valence-electron chi connectivity index (χ0n) is 28.2. The lowest BCUT2D eigenvalue weighted by Gasteiger charge is -2.20. The molecule has 0 heterocycles. The lowest BCUT2D eigenvalue weighted by atomic mass is 10.1. The standard InChI is InChI=1S/C38H63NO5S/c1-3-5-7-9-11-13-15-17-19-21-23-25-27-29-31-33-37(40)36(35-45(42,43)44)39-38(41)34-32-30-28-26-24-22-20-18-16-14-12-10-8-6-4-2/h6,8,12,14,18,20,23-26,30-33,36-37,40H,3-5,7,9-11,13,15-17,19,21-22,27-29,34-35H2,1-2H3,(H,39,41)(H,42,43,44)/b8-6-,14-12-,20-18-,25-23+,26-24-,32-30-,33-31+. The van der Waals surface area contributed by atoms with Gasteiger partial charge < -0.3 is 10.4 Å². The molecule has 0 aliphatic rings. The maximum Gasteiger partial charge on any atom is 0.267 e. The van der Waals surface area contributed by atoms with Gasteiger partial charge in [-0.05, 0) is 57.8 Å². The minimum atomic E-state index is -4.38. The van der Waals surface area contributed by atoms with Crippen LogP contribution in [0.5, 0.6) is 0 Å². The molecule has 2 unspecified atom stereocenters. The quantitative estimate of drug-likeness (QED) is 0.0427. The first kappa shape index (κ1) is 42.5. The minimum Gasteiger partial charge on any atom is -0.387 e. The molecule has 7 heteroatoms. The van der Waals surface area contributed by atoms with Crippen LogP contribution in [-0.2, 0) is 14.9 Å². The molecule has 0 aliphatic carbocycles. The largest absolute Gasteiger partial charge is 0.387 e. The van der Waals surface area contributed by atoms with E-state index in [9.17, 15) is 22.9 Å². The fraction of sp³-hybridized carbons (Fsp3) is 0.605. The zero-order valence-corrected chi connectivity index (χ0v) is 29.0. The zero-order chi connectivity index (χ0) is 33.3. The molecule has 6 nitrogen and oxygen atoms in total. The molecule has 0 aliphatic heterocycles. The first-order chi connectivity index (χ1) is 21.8.